The number of hydrogen-bond donors (Lipinski definition) is 0. The van der Waals surface area contributed by atoms with Gasteiger partial charge in [-0.1, -0.05) is 36.9 Å². The van der Waals surface area contributed by atoms with E-state index in [2.05, 4.69) is 6.58 Å². The van der Waals surface area contributed by atoms with E-state index < -0.39 is 0 Å². The van der Waals surface area contributed by atoms with E-state index >= 15 is 0 Å². The minimum absolute atomic E-state index is 0.234. The SMILES string of the molecule is C=Cc1ccccc1OC[C@@H]1COCCN1C(=O)c1cccc(OCC)c1C=O. The van der Waals surface area contributed by atoms with Crippen molar-refractivity contribution in [1.82, 2.24) is 4.90 Å². The zero-order valence-corrected chi connectivity index (χ0v) is 16.5. The molecule has 1 saturated heterocycles. The summed E-state index contributed by atoms with van der Waals surface area (Å²) in [5, 5.41) is 0. The van der Waals surface area contributed by atoms with Gasteiger partial charge in [0.15, 0.2) is 6.29 Å². The van der Waals surface area contributed by atoms with Gasteiger partial charge in [-0.15, -0.1) is 0 Å². The number of benzene rings is 2. The first kappa shape index (κ1) is 20.6. The van der Waals surface area contributed by atoms with Gasteiger partial charge in [0.25, 0.3) is 5.91 Å². The van der Waals surface area contributed by atoms with Crippen LogP contribution in [0.2, 0.25) is 0 Å². The molecule has 0 spiro atoms. The third-order valence-electron chi connectivity index (χ3n) is 4.77. The van der Waals surface area contributed by atoms with Crippen molar-refractivity contribution in [3.63, 3.8) is 0 Å². The number of ether oxygens (including phenoxy) is 3. The van der Waals surface area contributed by atoms with E-state index in [4.69, 9.17) is 14.2 Å². The first-order valence-corrected chi connectivity index (χ1v) is 9.63. The molecule has 152 valence electrons. The molecule has 6 heteroatoms. The number of rotatable bonds is 8. The van der Waals surface area contributed by atoms with Gasteiger partial charge in [0.1, 0.15) is 18.1 Å². The number of para-hydroxylation sites is 1. The first-order chi connectivity index (χ1) is 14.2. The molecule has 0 aromatic heterocycles. The van der Waals surface area contributed by atoms with Crippen molar-refractivity contribution in [3.8, 4) is 11.5 Å². The highest BCUT2D eigenvalue weighted by Gasteiger charge is 2.30. The Kier molecular flexibility index (Phi) is 7.03. The van der Waals surface area contributed by atoms with E-state index in [1.165, 1.54) is 0 Å². The Morgan fingerprint density at radius 3 is 2.76 bits per heavy atom. The van der Waals surface area contributed by atoms with Crippen molar-refractivity contribution in [1.29, 1.82) is 0 Å². The molecule has 3 rings (SSSR count). The molecule has 0 saturated carbocycles. The summed E-state index contributed by atoms with van der Waals surface area (Å²) in [6.45, 7) is 7.54. The van der Waals surface area contributed by atoms with Crippen LogP contribution in [0.15, 0.2) is 49.0 Å². The predicted molar refractivity (Wildman–Crippen MR) is 111 cm³/mol. The molecule has 0 radical (unpaired) electrons. The topological polar surface area (TPSA) is 65.1 Å². The standard InChI is InChI=1S/C23H25NO5/c1-3-17-8-5-6-10-21(17)29-16-18-15-27-13-12-24(18)23(26)19-9-7-11-22(28-4-2)20(19)14-25/h3,5-11,14,18H,1,4,12-13,15-16H2,2H3/t18-/m0/s1. The number of nitrogens with zero attached hydrogens (tertiary/aromatic N) is 1. The fourth-order valence-electron chi connectivity index (χ4n) is 3.32. The highest BCUT2D eigenvalue weighted by molar-refractivity contribution is 6.03. The van der Waals surface area contributed by atoms with Crippen LogP contribution in [0.25, 0.3) is 6.08 Å². The van der Waals surface area contributed by atoms with E-state index in [0.29, 0.717) is 49.7 Å². The number of morpholine rings is 1. The molecule has 0 bridgehead atoms. The Hall–Kier alpha value is -3.12. The maximum atomic E-state index is 13.3. The van der Waals surface area contributed by atoms with E-state index in [1.807, 2.05) is 31.2 Å². The van der Waals surface area contributed by atoms with Crippen molar-refractivity contribution in [2.24, 2.45) is 0 Å². The fraction of sp³-hybridized carbons (Fsp3) is 0.304. The molecular formula is C23H25NO5. The van der Waals surface area contributed by atoms with Crippen LogP contribution in [-0.4, -0.2) is 56.1 Å². The fourth-order valence-corrected chi connectivity index (χ4v) is 3.32. The van der Waals surface area contributed by atoms with E-state index in [0.717, 1.165) is 5.56 Å². The molecule has 1 aliphatic heterocycles. The monoisotopic (exact) mass is 395 g/mol. The summed E-state index contributed by atoms with van der Waals surface area (Å²) in [5.74, 6) is 0.879. The van der Waals surface area contributed by atoms with Crippen LogP contribution in [0, 0.1) is 0 Å². The summed E-state index contributed by atoms with van der Waals surface area (Å²) >= 11 is 0. The third-order valence-corrected chi connectivity index (χ3v) is 4.77. The molecule has 0 unspecified atom stereocenters. The Balaban J connectivity index is 1.81. The van der Waals surface area contributed by atoms with Crippen molar-refractivity contribution in [2.75, 3.05) is 33.0 Å². The number of aldehydes is 1. The Labute approximate surface area is 170 Å². The Morgan fingerprint density at radius 1 is 1.21 bits per heavy atom. The van der Waals surface area contributed by atoms with Crippen LogP contribution in [0.1, 0.15) is 33.2 Å². The molecule has 6 nitrogen and oxygen atoms in total. The van der Waals surface area contributed by atoms with Gasteiger partial charge in [0.05, 0.1) is 37.0 Å². The second-order valence-electron chi connectivity index (χ2n) is 6.55. The minimum atomic E-state index is -0.274. The second-order valence-corrected chi connectivity index (χ2v) is 6.55. The molecular weight excluding hydrogens is 370 g/mol. The summed E-state index contributed by atoms with van der Waals surface area (Å²) in [4.78, 5) is 26.6. The first-order valence-electron chi connectivity index (χ1n) is 9.63. The molecule has 0 N–H and O–H groups in total. The molecule has 2 aromatic rings. The molecule has 2 aromatic carbocycles. The lowest BCUT2D eigenvalue weighted by Crippen LogP contribution is -2.51. The molecule has 1 amide bonds. The normalized spacial score (nSPS) is 16.2. The molecule has 1 aliphatic rings. The Bertz CT molecular complexity index is 879. The summed E-state index contributed by atoms with van der Waals surface area (Å²) in [5.41, 5.74) is 1.47. The van der Waals surface area contributed by atoms with Gasteiger partial charge < -0.3 is 19.1 Å². The maximum Gasteiger partial charge on any atom is 0.255 e. The van der Waals surface area contributed by atoms with Gasteiger partial charge in [0, 0.05) is 12.1 Å². The van der Waals surface area contributed by atoms with Crippen molar-refractivity contribution in [3.05, 3.63) is 65.7 Å². The average molecular weight is 395 g/mol. The van der Waals surface area contributed by atoms with E-state index in [1.54, 1.807) is 29.2 Å². The summed E-state index contributed by atoms with van der Waals surface area (Å²) in [6.07, 6.45) is 2.40. The second kappa shape index (κ2) is 9.89. The van der Waals surface area contributed by atoms with Crippen molar-refractivity contribution < 1.29 is 23.8 Å². The van der Waals surface area contributed by atoms with Gasteiger partial charge in [0.2, 0.25) is 0 Å². The zero-order chi connectivity index (χ0) is 20.6. The lowest BCUT2D eigenvalue weighted by molar-refractivity contribution is -0.0151. The van der Waals surface area contributed by atoms with E-state index in [9.17, 15) is 9.59 Å². The largest absolute Gasteiger partial charge is 0.493 e. The summed E-state index contributed by atoms with van der Waals surface area (Å²) in [6, 6.07) is 12.4. The van der Waals surface area contributed by atoms with Gasteiger partial charge in [-0.3, -0.25) is 9.59 Å². The number of amides is 1. The van der Waals surface area contributed by atoms with Gasteiger partial charge >= 0.3 is 0 Å². The predicted octanol–water partition coefficient (Wildman–Crippen LogP) is 3.46. The molecule has 0 aliphatic carbocycles. The Morgan fingerprint density at radius 2 is 2.00 bits per heavy atom. The molecule has 1 atom stereocenters. The highest BCUT2D eigenvalue weighted by atomic mass is 16.5. The lowest BCUT2D eigenvalue weighted by Gasteiger charge is -2.35. The van der Waals surface area contributed by atoms with Crippen LogP contribution < -0.4 is 9.47 Å². The van der Waals surface area contributed by atoms with Crippen molar-refractivity contribution in [2.45, 2.75) is 13.0 Å². The molecule has 29 heavy (non-hydrogen) atoms. The smallest absolute Gasteiger partial charge is 0.255 e. The third kappa shape index (κ3) is 4.66. The van der Waals surface area contributed by atoms with Crippen LogP contribution in [0.5, 0.6) is 11.5 Å². The van der Waals surface area contributed by atoms with Gasteiger partial charge in [-0.25, -0.2) is 0 Å². The number of hydrogen-bond acceptors (Lipinski definition) is 5. The minimum Gasteiger partial charge on any atom is -0.493 e. The van der Waals surface area contributed by atoms with Crippen LogP contribution >= 0.6 is 0 Å². The summed E-state index contributed by atoms with van der Waals surface area (Å²) in [7, 11) is 0. The maximum absolute atomic E-state index is 13.3. The lowest BCUT2D eigenvalue weighted by atomic mass is 10.0. The average Bonchev–Trinajstić information content (AvgIpc) is 2.77. The van der Waals surface area contributed by atoms with Gasteiger partial charge in [-0.2, -0.15) is 0 Å². The number of carbonyl (C=O) groups excluding carboxylic acids is 2. The zero-order valence-electron chi connectivity index (χ0n) is 16.5. The van der Waals surface area contributed by atoms with Crippen molar-refractivity contribution >= 4 is 18.3 Å². The highest BCUT2D eigenvalue weighted by Crippen LogP contribution is 2.24. The van der Waals surface area contributed by atoms with Crippen LogP contribution in [0.3, 0.4) is 0 Å². The number of carbonyl (C=O) groups is 2. The van der Waals surface area contributed by atoms with E-state index in [-0.39, 0.29) is 24.1 Å². The molecule has 1 heterocycles. The van der Waals surface area contributed by atoms with Crippen LogP contribution in [-0.2, 0) is 4.74 Å². The van der Waals surface area contributed by atoms with Gasteiger partial charge in [-0.05, 0) is 25.1 Å². The van der Waals surface area contributed by atoms with Crippen LogP contribution in [0.4, 0.5) is 0 Å². The molecule has 1 fully saturated rings. The summed E-state index contributed by atoms with van der Waals surface area (Å²) < 4.78 is 17.0. The quantitative estimate of drug-likeness (QED) is 0.641.